The van der Waals surface area contributed by atoms with Crippen LogP contribution in [-0.4, -0.2) is 24.7 Å². The Morgan fingerprint density at radius 3 is 2.71 bits per heavy atom. The van der Waals surface area contributed by atoms with Gasteiger partial charge in [-0.25, -0.2) is 0 Å². The number of nitrogens with one attached hydrogen (secondary N) is 1. The Morgan fingerprint density at radius 2 is 2.12 bits per heavy atom. The molecule has 0 spiro atoms. The van der Waals surface area contributed by atoms with Crippen LogP contribution in [-0.2, 0) is 16.0 Å². The van der Waals surface area contributed by atoms with Crippen molar-refractivity contribution in [1.29, 1.82) is 0 Å². The van der Waals surface area contributed by atoms with Crippen molar-refractivity contribution in [3.8, 4) is 0 Å². The van der Waals surface area contributed by atoms with Crippen LogP contribution in [0.4, 0.5) is 0 Å². The van der Waals surface area contributed by atoms with E-state index in [9.17, 15) is 4.79 Å². The molecule has 1 N–H and O–H groups in total. The second-order valence-corrected chi connectivity index (χ2v) is 4.44. The Hall–Kier alpha value is -1.35. The molecule has 17 heavy (non-hydrogen) atoms. The van der Waals surface area contributed by atoms with E-state index in [-0.39, 0.29) is 12.0 Å². The first kappa shape index (κ1) is 12.1. The summed E-state index contributed by atoms with van der Waals surface area (Å²) in [5.74, 6) is -0.136. The average molecular weight is 233 g/mol. The molecular formula is C14H19NO2. The Bertz CT molecular complexity index is 360. The van der Waals surface area contributed by atoms with Gasteiger partial charge in [-0.15, -0.1) is 0 Å². The third kappa shape index (κ3) is 3.86. The van der Waals surface area contributed by atoms with Crippen molar-refractivity contribution >= 4 is 5.97 Å². The Labute approximate surface area is 102 Å². The molecule has 0 amide bonds. The molecule has 1 aliphatic rings. The van der Waals surface area contributed by atoms with Gasteiger partial charge in [0.2, 0.25) is 0 Å². The minimum Gasteiger partial charge on any atom is -0.465 e. The summed E-state index contributed by atoms with van der Waals surface area (Å²) in [4.78, 5) is 11.8. The van der Waals surface area contributed by atoms with Gasteiger partial charge in [0.1, 0.15) is 6.04 Å². The SMILES string of the molecule is CCOC(=O)[C@@H](Cc1ccccc1)NC1CC1. The van der Waals surface area contributed by atoms with E-state index in [0.29, 0.717) is 19.1 Å². The number of ether oxygens (including phenoxy) is 1. The number of carbonyl (C=O) groups is 1. The number of rotatable bonds is 6. The maximum atomic E-state index is 11.8. The zero-order valence-corrected chi connectivity index (χ0v) is 10.2. The lowest BCUT2D eigenvalue weighted by Gasteiger charge is -2.16. The molecule has 0 saturated heterocycles. The molecule has 1 fully saturated rings. The first-order valence-electron chi connectivity index (χ1n) is 6.26. The smallest absolute Gasteiger partial charge is 0.323 e. The predicted octanol–water partition coefficient (Wildman–Crippen LogP) is 1.91. The molecule has 92 valence electrons. The van der Waals surface area contributed by atoms with Crippen molar-refractivity contribution in [2.75, 3.05) is 6.61 Å². The third-order valence-electron chi connectivity index (χ3n) is 2.87. The van der Waals surface area contributed by atoms with Crippen LogP contribution in [0.2, 0.25) is 0 Å². The monoisotopic (exact) mass is 233 g/mol. The highest BCUT2D eigenvalue weighted by Gasteiger charge is 2.29. The van der Waals surface area contributed by atoms with Gasteiger partial charge in [0, 0.05) is 6.04 Å². The fourth-order valence-corrected chi connectivity index (χ4v) is 1.84. The molecule has 2 rings (SSSR count). The van der Waals surface area contributed by atoms with E-state index < -0.39 is 0 Å². The first-order chi connectivity index (χ1) is 8.29. The molecule has 1 aromatic carbocycles. The lowest BCUT2D eigenvalue weighted by Crippen LogP contribution is -2.41. The maximum absolute atomic E-state index is 11.8. The van der Waals surface area contributed by atoms with Crippen molar-refractivity contribution in [3.05, 3.63) is 35.9 Å². The molecule has 0 aromatic heterocycles. The van der Waals surface area contributed by atoms with Gasteiger partial charge in [0.25, 0.3) is 0 Å². The van der Waals surface area contributed by atoms with Crippen LogP contribution in [0.3, 0.4) is 0 Å². The van der Waals surface area contributed by atoms with E-state index >= 15 is 0 Å². The largest absolute Gasteiger partial charge is 0.465 e. The molecule has 0 unspecified atom stereocenters. The molecule has 0 radical (unpaired) electrons. The molecule has 1 aromatic rings. The zero-order valence-electron chi connectivity index (χ0n) is 10.2. The van der Waals surface area contributed by atoms with Gasteiger partial charge in [0.05, 0.1) is 6.61 Å². The van der Waals surface area contributed by atoms with Crippen LogP contribution in [0.5, 0.6) is 0 Å². The van der Waals surface area contributed by atoms with Gasteiger partial charge >= 0.3 is 5.97 Å². The number of benzene rings is 1. The molecule has 1 atom stereocenters. The van der Waals surface area contributed by atoms with Crippen molar-refractivity contribution in [3.63, 3.8) is 0 Å². The Kier molecular flexibility index (Phi) is 4.15. The second kappa shape index (κ2) is 5.82. The lowest BCUT2D eigenvalue weighted by molar-refractivity contribution is -0.145. The Balaban J connectivity index is 1.96. The molecule has 3 heteroatoms. The van der Waals surface area contributed by atoms with Crippen molar-refractivity contribution in [2.45, 2.75) is 38.3 Å². The van der Waals surface area contributed by atoms with E-state index in [1.807, 2.05) is 37.3 Å². The minimum absolute atomic E-state index is 0.136. The number of hydrogen-bond donors (Lipinski definition) is 1. The summed E-state index contributed by atoms with van der Waals surface area (Å²) in [7, 11) is 0. The lowest BCUT2D eigenvalue weighted by atomic mass is 10.1. The summed E-state index contributed by atoms with van der Waals surface area (Å²) >= 11 is 0. The van der Waals surface area contributed by atoms with Crippen molar-refractivity contribution in [1.82, 2.24) is 5.32 Å². The number of esters is 1. The average Bonchev–Trinajstić information content (AvgIpc) is 3.14. The zero-order chi connectivity index (χ0) is 12.1. The van der Waals surface area contributed by atoms with E-state index in [1.54, 1.807) is 0 Å². The van der Waals surface area contributed by atoms with Gasteiger partial charge in [-0.2, -0.15) is 0 Å². The summed E-state index contributed by atoms with van der Waals surface area (Å²) in [6, 6.07) is 10.4. The fraction of sp³-hybridized carbons (Fsp3) is 0.500. The van der Waals surface area contributed by atoms with E-state index in [1.165, 1.54) is 18.4 Å². The minimum atomic E-state index is -0.204. The van der Waals surface area contributed by atoms with Crippen LogP contribution in [0.1, 0.15) is 25.3 Å². The summed E-state index contributed by atoms with van der Waals surface area (Å²) in [6.45, 7) is 2.28. The number of hydrogen-bond acceptors (Lipinski definition) is 3. The molecule has 0 aliphatic heterocycles. The Morgan fingerprint density at radius 1 is 1.41 bits per heavy atom. The van der Waals surface area contributed by atoms with E-state index in [0.717, 1.165) is 0 Å². The molecule has 1 aliphatic carbocycles. The van der Waals surface area contributed by atoms with Gasteiger partial charge in [-0.05, 0) is 31.7 Å². The van der Waals surface area contributed by atoms with Crippen LogP contribution in [0.15, 0.2) is 30.3 Å². The molecular weight excluding hydrogens is 214 g/mol. The first-order valence-corrected chi connectivity index (χ1v) is 6.26. The molecule has 3 nitrogen and oxygen atoms in total. The van der Waals surface area contributed by atoms with Gasteiger partial charge in [0.15, 0.2) is 0 Å². The van der Waals surface area contributed by atoms with Crippen molar-refractivity contribution < 1.29 is 9.53 Å². The summed E-state index contributed by atoms with van der Waals surface area (Å²) in [6.07, 6.45) is 3.05. The normalized spacial score (nSPS) is 16.5. The standard InChI is InChI=1S/C14H19NO2/c1-2-17-14(16)13(15-12-8-9-12)10-11-6-4-3-5-7-11/h3-7,12-13,15H,2,8-10H2,1H3/t13-/m1/s1. The van der Waals surface area contributed by atoms with Crippen LogP contribution in [0.25, 0.3) is 0 Å². The van der Waals surface area contributed by atoms with E-state index in [4.69, 9.17) is 4.74 Å². The molecule has 0 bridgehead atoms. The van der Waals surface area contributed by atoms with Crippen LogP contribution in [0, 0.1) is 0 Å². The highest BCUT2D eigenvalue weighted by Crippen LogP contribution is 2.20. The summed E-state index contributed by atoms with van der Waals surface area (Å²) in [5.41, 5.74) is 1.17. The fourth-order valence-electron chi connectivity index (χ4n) is 1.84. The predicted molar refractivity (Wildman–Crippen MR) is 66.7 cm³/mol. The highest BCUT2D eigenvalue weighted by atomic mass is 16.5. The van der Waals surface area contributed by atoms with E-state index in [2.05, 4.69) is 5.32 Å². The summed E-state index contributed by atoms with van der Waals surface area (Å²) < 4.78 is 5.10. The quantitative estimate of drug-likeness (QED) is 0.763. The second-order valence-electron chi connectivity index (χ2n) is 4.44. The topological polar surface area (TPSA) is 38.3 Å². The van der Waals surface area contributed by atoms with Crippen LogP contribution < -0.4 is 5.32 Å². The third-order valence-corrected chi connectivity index (χ3v) is 2.87. The van der Waals surface area contributed by atoms with Gasteiger partial charge < -0.3 is 10.1 Å². The van der Waals surface area contributed by atoms with Crippen LogP contribution >= 0.6 is 0 Å². The molecule has 0 heterocycles. The highest BCUT2D eigenvalue weighted by molar-refractivity contribution is 5.76. The molecule has 1 saturated carbocycles. The maximum Gasteiger partial charge on any atom is 0.323 e. The van der Waals surface area contributed by atoms with Crippen molar-refractivity contribution in [2.24, 2.45) is 0 Å². The number of carbonyl (C=O) groups excluding carboxylic acids is 1. The van der Waals surface area contributed by atoms with Gasteiger partial charge in [-0.3, -0.25) is 4.79 Å². The summed E-state index contributed by atoms with van der Waals surface area (Å²) in [5, 5.41) is 3.35. The van der Waals surface area contributed by atoms with Gasteiger partial charge in [-0.1, -0.05) is 30.3 Å².